The number of ether oxygens (including phenoxy) is 4. The molecule has 1 aromatic carbocycles. The minimum absolute atomic E-state index is 0.104. The van der Waals surface area contributed by atoms with Gasteiger partial charge in [0.2, 0.25) is 12.5 Å². The van der Waals surface area contributed by atoms with Gasteiger partial charge in [-0.05, 0) is 38.5 Å². The summed E-state index contributed by atoms with van der Waals surface area (Å²) in [5.74, 6) is 0.985. The fourth-order valence-corrected chi connectivity index (χ4v) is 2.15. The molecule has 0 fully saturated rings. The summed E-state index contributed by atoms with van der Waals surface area (Å²) in [7, 11) is 1.50. The van der Waals surface area contributed by atoms with Gasteiger partial charge in [0.25, 0.3) is 0 Å². The standard InChI is InChI=1S/C15H20O6/c1-5-19-14(17)15(2,3)13(16)9-6-10(18-4)12-11(7-9)20-8-21-12/h6-7,13,16H,5,8H2,1-4H3. The summed E-state index contributed by atoms with van der Waals surface area (Å²) >= 11 is 0. The number of carbonyl (C=O) groups excluding carboxylic acids is 1. The first-order valence-electron chi connectivity index (χ1n) is 6.74. The van der Waals surface area contributed by atoms with E-state index in [2.05, 4.69) is 0 Å². The van der Waals surface area contributed by atoms with Gasteiger partial charge < -0.3 is 24.1 Å². The number of hydrogen-bond acceptors (Lipinski definition) is 6. The Labute approximate surface area is 123 Å². The van der Waals surface area contributed by atoms with Gasteiger partial charge in [-0.1, -0.05) is 0 Å². The lowest BCUT2D eigenvalue weighted by Crippen LogP contribution is -2.33. The monoisotopic (exact) mass is 296 g/mol. The van der Waals surface area contributed by atoms with Crippen molar-refractivity contribution >= 4 is 5.97 Å². The molecule has 6 nitrogen and oxygen atoms in total. The molecule has 0 saturated carbocycles. The molecule has 1 unspecified atom stereocenters. The van der Waals surface area contributed by atoms with Crippen molar-refractivity contribution in [3.63, 3.8) is 0 Å². The molecule has 1 N–H and O–H groups in total. The summed E-state index contributed by atoms with van der Waals surface area (Å²) in [5.41, 5.74) is -0.580. The van der Waals surface area contributed by atoms with E-state index in [1.165, 1.54) is 7.11 Å². The lowest BCUT2D eigenvalue weighted by atomic mass is 9.82. The van der Waals surface area contributed by atoms with Gasteiger partial charge in [0, 0.05) is 0 Å². The van der Waals surface area contributed by atoms with Crippen molar-refractivity contribution in [3.8, 4) is 17.2 Å². The van der Waals surface area contributed by atoms with E-state index < -0.39 is 17.5 Å². The molecule has 0 aromatic heterocycles. The van der Waals surface area contributed by atoms with Crippen molar-refractivity contribution < 1.29 is 28.8 Å². The van der Waals surface area contributed by atoms with E-state index in [1.807, 2.05) is 0 Å². The Morgan fingerprint density at radius 3 is 2.76 bits per heavy atom. The highest BCUT2D eigenvalue weighted by atomic mass is 16.7. The highest BCUT2D eigenvalue weighted by molar-refractivity contribution is 5.77. The first kappa shape index (κ1) is 15.4. The van der Waals surface area contributed by atoms with Crippen LogP contribution in [0.1, 0.15) is 32.4 Å². The average molecular weight is 296 g/mol. The highest BCUT2D eigenvalue weighted by Gasteiger charge is 2.39. The summed E-state index contributed by atoms with van der Waals surface area (Å²) in [6.45, 7) is 5.36. The van der Waals surface area contributed by atoms with Crippen molar-refractivity contribution in [2.45, 2.75) is 26.9 Å². The Kier molecular flexibility index (Phi) is 4.27. The zero-order valence-electron chi connectivity index (χ0n) is 12.6. The third kappa shape index (κ3) is 2.76. The number of methoxy groups -OCH3 is 1. The second-order valence-corrected chi connectivity index (χ2v) is 5.30. The zero-order chi connectivity index (χ0) is 15.6. The second-order valence-electron chi connectivity index (χ2n) is 5.30. The lowest BCUT2D eigenvalue weighted by molar-refractivity contribution is -0.160. The summed E-state index contributed by atoms with van der Waals surface area (Å²) in [6.07, 6.45) is -1.06. The molecule has 0 saturated heterocycles. The van der Waals surface area contributed by atoms with Crippen LogP contribution in [-0.4, -0.2) is 31.6 Å². The fraction of sp³-hybridized carbons (Fsp3) is 0.533. The van der Waals surface area contributed by atoms with E-state index in [4.69, 9.17) is 18.9 Å². The minimum Gasteiger partial charge on any atom is -0.493 e. The number of benzene rings is 1. The Bertz CT molecular complexity index is 537. The summed E-state index contributed by atoms with van der Waals surface area (Å²) in [6, 6.07) is 3.29. The summed E-state index contributed by atoms with van der Waals surface area (Å²) < 4.78 is 20.9. The highest BCUT2D eigenvalue weighted by Crippen LogP contribution is 2.45. The van der Waals surface area contributed by atoms with E-state index >= 15 is 0 Å². The lowest BCUT2D eigenvalue weighted by Gasteiger charge is -2.28. The van der Waals surface area contributed by atoms with Gasteiger partial charge in [0.05, 0.1) is 25.2 Å². The van der Waals surface area contributed by atoms with E-state index in [0.717, 1.165) is 0 Å². The molecule has 6 heteroatoms. The largest absolute Gasteiger partial charge is 0.493 e. The smallest absolute Gasteiger partial charge is 0.314 e. The molecular formula is C15H20O6. The van der Waals surface area contributed by atoms with E-state index in [9.17, 15) is 9.90 Å². The minimum atomic E-state index is -1.09. The Balaban J connectivity index is 2.35. The van der Waals surface area contributed by atoms with Crippen molar-refractivity contribution in [1.82, 2.24) is 0 Å². The van der Waals surface area contributed by atoms with Crippen LogP contribution in [-0.2, 0) is 9.53 Å². The van der Waals surface area contributed by atoms with Gasteiger partial charge in [0.1, 0.15) is 0 Å². The Morgan fingerprint density at radius 1 is 1.43 bits per heavy atom. The molecule has 116 valence electrons. The molecule has 0 amide bonds. The maximum atomic E-state index is 12.0. The van der Waals surface area contributed by atoms with E-state index in [0.29, 0.717) is 22.8 Å². The molecular weight excluding hydrogens is 276 g/mol. The first-order valence-corrected chi connectivity index (χ1v) is 6.74. The van der Waals surface area contributed by atoms with Crippen molar-refractivity contribution in [2.24, 2.45) is 5.41 Å². The third-order valence-corrected chi connectivity index (χ3v) is 3.48. The predicted octanol–water partition coefficient (Wildman–Crippen LogP) is 2.05. The predicted molar refractivity (Wildman–Crippen MR) is 74.5 cm³/mol. The van der Waals surface area contributed by atoms with Crippen molar-refractivity contribution in [3.05, 3.63) is 17.7 Å². The van der Waals surface area contributed by atoms with Crippen LogP contribution in [0, 0.1) is 5.41 Å². The topological polar surface area (TPSA) is 74.2 Å². The van der Waals surface area contributed by atoms with Crippen LogP contribution < -0.4 is 14.2 Å². The van der Waals surface area contributed by atoms with Crippen LogP contribution in [0.2, 0.25) is 0 Å². The van der Waals surface area contributed by atoms with Crippen LogP contribution in [0.3, 0.4) is 0 Å². The van der Waals surface area contributed by atoms with Crippen LogP contribution in [0.25, 0.3) is 0 Å². The molecule has 1 heterocycles. The quantitative estimate of drug-likeness (QED) is 0.838. The van der Waals surface area contributed by atoms with Crippen LogP contribution in [0.5, 0.6) is 17.2 Å². The average Bonchev–Trinajstić information content (AvgIpc) is 2.93. The Morgan fingerprint density at radius 2 is 2.14 bits per heavy atom. The normalized spacial score (nSPS) is 14.7. The van der Waals surface area contributed by atoms with Crippen LogP contribution >= 0.6 is 0 Å². The number of fused-ring (bicyclic) bond motifs is 1. The SMILES string of the molecule is CCOC(=O)C(C)(C)C(O)c1cc(OC)c2c(c1)OCO2. The molecule has 1 aliphatic heterocycles. The van der Waals surface area contributed by atoms with E-state index in [1.54, 1.807) is 32.9 Å². The maximum absolute atomic E-state index is 12.0. The van der Waals surface area contributed by atoms with Gasteiger partial charge in [0.15, 0.2) is 11.5 Å². The summed E-state index contributed by atoms with van der Waals surface area (Å²) in [5, 5.41) is 10.5. The second kappa shape index (κ2) is 5.81. The van der Waals surface area contributed by atoms with E-state index in [-0.39, 0.29) is 13.4 Å². The molecule has 2 rings (SSSR count). The molecule has 1 aromatic rings. The van der Waals surface area contributed by atoms with Crippen LogP contribution in [0.15, 0.2) is 12.1 Å². The number of aliphatic hydroxyl groups is 1. The van der Waals surface area contributed by atoms with Gasteiger partial charge in [-0.25, -0.2) is 0 Å². The van der Waals surface area contributed by atoms with Crippen LogP contribution in [0.4, 0.5) is 0 Å². The molecule has 0 bridgehead atoms. The number of aliphatic hydroxyl groups excluding tert-OH is 1. The zero-order valence-corrected chi connectivity index (χ0v) is 12.6. The number of esters is 1. The number of hydrogen-bond donors (Lipinski definition) is 1. The van der Waals surface area contributed by atoms with Crippen molar-refractivity contribution in [2.75, 3.05) is 20.5 Å². The molecule has 0 aliphatic carbocycles. The molecule has 1 atom stereocenters. The molecule has 21 heavy (non-hydrogen) atoms. The third-order valence-electron chi connectivity index (χ3n) is 3.48. The van der Waals surface area contributed by atoms with Gasteiger partial charge in [-0.15, -0.1) is 0 Å². The first-order chi connectivity index (χ1) is 9.91. The molecule has 0 radical (unpaired) electrons. The number of carbonyl (C=O) groups is 1. The van der Waals surface area contributed by atoms with Gasteiger partial charge in [-0.3, -0.25) is 4.79 Å². The molecule has 0 spiro atoms. The van der Waals surface area contributed by atoms with Crippen molar-refractivity contribution in [1.29, 1.82) is 0 Å². The molecule has 1 aliphatic rings. The maximum Gasteiger partial charge on any atom is 0.314 e. The van der Waals surface area contributed by atoms with Gasteiger partial charge in [-0.2, -0.15) is 0 Å². The van der Waals surface area contributed by atoms with Gasteiger partial charge >= 0.3 is 5.97 Å². The summed E-state index contributed by atoms with van der Waals surface area (Å²) in [4.78, 5) is 12.0. The Hall–Kier alpha value is -1.95. The number of rotatable bonds is 5. The fourth-order valence-electron chi connectivity index (χ4n) is 2.15.